The van der Waals surface area contributed by atoms with Gasteiger partial charge in [-0.3, -0.25) is 4.90 Å². The Bertz CT molecular complexity index is 763. The van der Waals surface area contributed by atoms with E-state index in [1.807, 2.05) is 11.8 Å². The van der Waals surface area contributed by atoms with Crippen LogP contribution in [0.2, 0.25) is 0 Å². The van der Waals surface area contributed by atoms with Crippen LogP contribution < -0.4 is 0 Å². The van der Waals surface area contributed by atoms with Crippen LogP contribution in [0.3, 0.4) is 0 Å². The quantitative estimate of drug-likeness (QED) is 0.579. The predicted molar refractivity (Wildman–Crippen MR) is 110 cm³/mol. The van der Waals surface area contributed by atoms with Crippen molar-refractivity contribution in [1.82, 2.24) is 4.90 Å². The summed E-state index contributed by atoms with van der Waals surface area (Å²) < 4.78 is 0. The first kappa shape index (κ1) is 17.2. The second-order valence-corrected chi connectivity index (χ2v) is 8.40. The van der Waals surface area contributed by atoms with Gasteiger partial charge in [0.1, 0.15) is 0 Å². The van der Waals surface area contributed by atoms with Gasteiger partial charge in [-0.1, -0.05) is 48.0 Å². The molecule has 0 N–H and O–H groups in total. The summed E-state index contributed by atoms with van der Waals surface area (Å²) in [6, 6.07) is 19.6. The molecule has 3 aliphatic rings. The summed E-state index contributed by atoms with van der Waals surface area (Å²) in [5.74, 6) is 1.08. The minimum atomic E-state index is 0. The summed E-state index contributed by atoms with van der Waals surface area (Å²) in [6.07, 6.45) is 5.23. The van der Waals surface area contributed by atoms with Crippen LogP contribution in [0.25, 0.3) is 5.57 Å². The predicted octanol–water partition coefficient (Wildman–Crippen LogP) is 5.77. The van der Waals surface area contributed by atoms with Gasteiger partial charge in [0.2, 0.25) is 0 Å². The highest BCUT2D eigenvalue weighted by atomic mass is 35.5. The van der Waals surface area contributed by atoms with Crippen molar-refractivity contribution in [3.63, 3.8) is 0 Å². The number of hydrogen-bond donors (Lipinski definition) is 0. The van der Waals surface area contributed by atoms with Gasteiger partial charge in [0.25, 0.3) is 0 Å². The zero-order chi connectivity index (χ0) is 16.1. The summed E-state index contributed by atoms with van der Waals surface area (Å²) in [5.41, 5.74) is 7.69. The Hall–Kier alpha value is -1.22. The lowest BCUT2D eigenvalue weighted by molar-refractivity contribution is 0.210. The lowest BCUT2D eigenvalue weighted by atomic mass is 9.84. The summed E-state index contributed by atoms with van der Waals surface area (Å²) in [5, 5.41) is 0. The van der Waals surface area contributed by atoms with Crippen molar-refractivity contribution in [1.29, 1.82) is 0 Å². The molecule has 3 aliphatic heterocycles. The minimum Gasteiger partial charge on any atom is -0.300 e. The number of benzene rings is 2. The van der Waals surface area contributed by atoms with E-state index in [0.29, 0.717) is 0 Å². The molecule has 0 saturated carbocycles. The lowest BCUT2D eigenvalue weighted by Crippen LogP contribution is -2.37. The third-order valence-electron chi connectivity index (χ3n) is 6.13. The molecule has 2 aromatic rings. The molecular formula is C22H24ClNS. The van der Waals surface area contributed by atoms with Crippen molar-refractivity contribution in [2.45, 2.75) is 48.4 Å². The summed E-state index contributed by atoms with van der Waals surface area (Å²) in [6.45, 7) is 0. The fourth-order valence-electron chi connectivity index (χ4n) is 4.81. The van der Waals surface area contributed by atoms with Crippen molar-refractivity contribution in [3.8, 4) is 0 Å². The van der Waals surface area contributed by atoms with E-state index in [9.17, 15) is 0 Å². The second kappa shape index (κ2) is 6.83. The Kier molecular flexibility index (Phi) is 4.70. The number of halogens is 1. The molecule has 0 aromatic heterocycles. The number of fused-ring (bicyclic) bond motifs is 4. The first-order chi connectivity index (χ1) is 11.8. The molecule has 0 amide bonds. The lowest BCUT2D eigenvalue weighted by Gasteiger charge is -2.34. The van der Waals surface area contributed by atoms with E-state index in [2.05, 4.69) is 60.5 Å². The molecule has 1 nitrogen and oxygen atoms in total. The van der Waals surface area contributed by atoms with Crippen LogP contribution in [0.1, 0.15) is 42.4 Å². The molecule has 130 valence electrons. The molecule has 3 heteroatoms. The molecule has 2 fully saturated rings. The van der Waals surface area contributed by atoms with Gasteiger partial charge >= 0.3 is 0 Å². The van der Waals surface area contributed by atoms with Crippen LogP contribution in [0.15, 0.2) is 59.0 Å². The Morgan fingerprint density at radius 3 is 2.28 bits per heavy atom. The van der Waals surface area contributed by atoms with Gasteiger partial charge in [0, 0.05) is 22.7 Å². The van der Waals surface area contributed by atoms with Gasteiger partial charge in [-0.2, -0.15) is 0 Å². The fraction of sp³-hybridized carbons (Fsp3) is 0.364. The fourth-order valence-corrected chi connectivity index (χ4v) is 5.87. The number of rotatable bonds is 0. The van der Waals surface area contributed by atoms with E-state index in [4.69, 9.17) is 0 Å². The SMILES string of the molecule is CN1[C@H]2CC[C@H]1CC(=C1c3ccccc3CSc3ccccc31)C2.Cl. The highest BCUT2D eigenvalue weighted by Crippen LogP contribution is 2.46. The number of thioether (sulfide) groups is 1. The van der Waals surface area contributed by atoms with E-state index in [1.165, 1.54) is 47.3 Å². The molecule has 2 saturated heterocycles. The van der Waals surface area contributed by atoms with Crippen LogP contribution in [-0.4, -0.2) is 24.0 Å². The van der Waals surface area contributed by atoms with Gasteiger partial charge in [-0.15, -0.1) is 24.2 Å². The highest BCUT2D eigenvalue weighted by molar-refractivity contribution is 7.98. The second-order valence-electron chi connectivity index (χ2n) is 7.38. The van der Waals surface area contributed by atoms with Crippen molar-refractivity contribution < 1.29 is 0 Å². The average Bonchev–Trinajstić information content (AvgIpc) is 2.81. The van der Waals surface area contributed by atoms with Crippen molar-refractivity contribution in [2.24, 2.45) is 0 Å². The molecule has 5 rings (SSSR count). The van der Waals surface area contributed by atoms with E-state index in [0.717, 1.165) is 17.8 Å². The average molecular weight is 370 g/mol. The topological polar surface area (TPSA) is 3.24 Å². The molecule has 2 aromatic carbocycles. The third-order valence-corrected chi connectivity index (χ3v) is 7.25. The van der Waals surface area contributed by atoms with Gasteiger partial charge in [0.05, 0.1) is 0 Å². The monoisotopic (exact) mass is 369 g/mol. The maximum Gasteiger partial charge on any atom is 0.0238 e. The number of nitrogens with zero attached hydrogens (tertiary/aromatic N) is 1. The van der Waals surface area contributed by atoms with Crippen LogP contribution in [0, 0.1) is 0 Å². The molecule has 0 aliphatic carbocycles. The standard InChI is InChI=1S/C22H23NS.ClH/c1-23-17-10-11-18(23)13-16(12-17)22-19-7-3-2-6-15(19)14-24-21-9-5-4-8-20(21)22;/h2-9,17-18H,10-14H2,1H3;1H/t17-,18-;/m0./s1. The molecule has 2 bridgehead atoms. The van der Waals surface area contributed by atoms with Crippen LogP contribution in [0.4, 0.5) is 0 Å². The van der Waals surface area contributed by atoms with Crippen molar-refractivity contribution >= 4 is 29.7 Å². The number of piperidine rings is 1. The zero-order valence-corrected chi connectivity index (χ0v) is 16.2. The highest BCUT2D eigenvalue weighted by Gasteiger charge is 2.37. The minimum absolute atomic E-state index is 0. The third kappa shape index (κ3) is 2.85. The Morgan fingerprint density at radius 2 is 1.52 bits per heavy atom. The van der Waals surface area contributed by atoms with Crippen molar-refractivity contribution in [2.75, 3.05) is 7.05 Å². The normalized spacial score (nSPS) is 25.0. The smallest absolute Gasteiger partial charge is 0.0238 e. The van der Waals surface area contributed by atoms with E-state index in [-0.39, 0.29) is 12.4 Å². The van der Waals surface area contributed by atoms with Crippen LogP contribution in [-0.2, 0) is 5.75 Å². The van der Waals surface area contributed by atoms with Gasteiger partial charge < -0.3 is 0 Å². The molecule has 0 spiro atoms. The van der Waals surface area contributed by atoms with Crippen LogP contribution >= 0.6 is 24.2 Å². The van der Waals surface area contributed by atoms with Gasteiger partial charge in [-0.05, 0) is 61.1 Å². The maximum absolute atomic E-state index is 2.63. The Morgan fingerprint density at radius 1 is 0.880 bits per heavy atom. The first-order valence-corrected chi connectivity index (χ1v) is 10.0. The Labute approximate surface area is 160 Å². The van der Waals surface area contributed by atoms with E-state index < -0.39 is 0 Å². The zero-order valence-electron chi connectivity index (χ0n) is 14.6. The molecule has 0 radical (unpaired) electrons. The largest absolute Gasteiger partial charge is 0.300 e. The van der Waals surface area contributed by atoms with Crippen molar-refractivity contribution in [3.05, 3.63) is 70.8 Å². The number of hydrogen-bond acceptors (Lipinski definition) is 2. The summed E-state index contributed by atoms with van der Waals surface area (Å²) in [7, 11) is 2.33. The molecule has 3 heterocycles. The Balaban J connectivity index is 0.00000157. The first-order valence-electron chi connectivity index (χ1n) is 9.05. The molecule has 2 atom stereocenters. The summed E-state index contributed by atoms with van der Waals surface area (Å²) in [4.78, 5) is 4.08. The maximum atomic E-state index is 2.63. The molecule has 25 heavy (non-hydrogen) atoms. The van der Waals surface area contributed by atoms with Gasteiger partial charge in [0.15, 0.2) is 0 Å². The van der Waals surface area contributed by atoms with E-state index >= 15 is 0 Å². The molecule has 0 unspecified atom stereocenters. The van der Waals surface area contributed by atoms with Crippen LogP contribution in [0.5, 0.6) is 0 Å². The summed E-state index contributed by atoms with van der Waals surface area (Å²) >= 11 is 1.99. The van der Waals surface area contributed by atoms with E-state index in [1.54, 1.807) is 11.1 Å². The molecular weight excluding hydrogens is 346 g/mol. The van der Waals surface area contributed by atoms with Gasteiger partial charge in [-0.25, -0.2) is 0 Å².